The van der Waals surface area contributed by atoms with Gasteiger partial charge in [0.25, 0.3) is 0 Å². The zero-order chi connectivity index (χ0) is 33.2. The predicted octanol–water partition coefficient (Wildman–Crippen LogP) is 3.27. The Kier molecular flexibility index (Phi) is 16.5. The molecule has 14 nitrogen and oxygen atoms in total. The maximum atomic E-state index is 12.2. The molecule has 45 heavy (non-hydrogen) atoms. The van der Waals surface area contributed by atoms with Crippen molar-refractivity contribution >= 4 is 36.1 Å². The van der Waals surface area contributed by atoms with Crippen LogP contribution in [0.3, 0.4) is 0 Å². The van der Waals surface area contributed by atoms with Crippen LogP contribution in [0.1, 0.15) is 71.6 Å². The summed E-state index contributed by atoms with van der Waals surface area (Å²) in [6, 6.07) is 0.0498. The lowest BCUT2D eigenvalue weighted by Crippen LogP contribution is -2.40. The molecule has 0 aromatic carbocycles. The van der Waals surface area contributed by atoms with Crippen molar-refractivity contribution in [1.82, 2.24) is 10.6 Å². The molecule has 2 rings (SSSR count). The molecule has 2 amide bonds. The third kappa shape index (κ3) is 16.0. The Balaban J connectivity index is 1.54. The molecule has 0 bridgehead atoms. The van der Waals surface area contributed by atoms with Gasteiger partial charge in [-0.15, -0.1) is 0 Å². The Hall–Kier alpha value is -4.10. The van der Waals surface area contributed by atoms with Gasteiger partial charge in [0.15, 0.2) is 13.2 Å². The third-order valence-corrected chi connectivity index (χ3v) is 7.57. The minimum absolute atomic E-state index is 0.0249. The van der Waals surface area contributed by atoms with Crippen molar-refractivity contribution in [2.45, 2.75) is 95.9 Å². The minimum atomic E-state index is -0.748. The van der Waals surface area contributed by atoms with Gasteiger partial charge in [0, 0.05) is 24.2 Å². The lowest BCUT2D eigenvalue weighted by Gasteiger charge is -2.34. The first-order valence-electron chi connectivity index (χ1n) is 15.3. The van der Waals surface area contributed by atoms with E-state index in [4.69, 9.17) is 18.9 Å². The van der Waals surface area contributed by atoms with Gasteiger partial charge in [0.1, 0.15) is 25.4 Å². The molecule has 2 unspecified atom stereocenters. The van der Waals surface area contributed by atoms with Crippen molar-refractivity contribution in [2.24, 2.45) is 11.8 Å². The van der Waals surface area contributed by atoms with E-state index < -0.39 is 61.5 Å². The second kappa shape index (κ2) is 20.0. The highest BCUT2D eigenvalue weighted by Crippen LogP contribution is 2.35. The number of esters is 4. The lowest BCUT2D eigenvalue weighted by molar-refractivity contribution is -0.160. The highest BCUT2D eigenvalue weighted by molar-refractivity contribution is 5.84. The van der Waals surface area contributed by atoms with Crippen LogP contribution in [0.2, 0.25) is 0 Å². The van der Waals surface area contributed by atoms with E-state index in [2.05, 4.69) is 33.3 Å². The molecular formula is C31H46N2O12. The van der Waals surface area contributed by atoms with Gasteiger partial charge in [0.2, 0.25) is 0 Å². The molecule has 2 fully saturated rings. The molecule has 2 aliphatic carbocycles. The Bertz CT molecular complexity index is 952. The Morgan fingerprint density at radius 3 is 1.31 bits per heavy atom. The first-order chi connectivity index (χ1) is 21.5. The van der Waals surface area contributed by atoms with E-state index in [1.165, 1.54) is 0 Å². The van der Waals surface area contributed by atoms with Crippen molar-refractivity contribution in [3.8, 4) is 0 Å². The molecule has 0 aromatic heterocycles. The van der Waals surface area contributed by atoms with E-state index >= 15 is 0 Å². The molecule has 0 spiro atoms. The van der Waals surface area contributed by atoms with E-state index in [0.717, 1.165) is 69.9 Å². The first-order valence-corrected chi connectivity index (χ1v) is 15.3. The van der Waals surface area contributed by atoms with Crippen molar-refractivity contribution < 1.29 is 57.2 Å². The summed E-state index contributed by atoms with van der Waals surface area (Å²) in [5, 5.41) is 5.76. The summed E-state index contributed by atoms with van der Waals surface area (Å²) in [5.41, 5.74) is 0. The standard InChI is InChI=1S/C31H46N2O12/c1-5-26(34)40-18-28(36)44-20(3)16-42-30(38)32-24-11-7-22(8-12-24)15-23-9-13-25(14-10-23)33-31(39)43-17-21(4)45-29(37)19-41-27(35)6-2/h5-6,20-25H,1-2,7-19H2,3-4H3,(H,32,38)(H,33,39). The number of amides is 2. The van der Waals surface area contributed by atoms with Crippen molar-refractivity contribution in [2.75, 3.05) is 26.4 Å². The molecule has 0 aliphatic heterocycles. The number of hydrogen-bond acceptors (Lipinski definition) is 12. The number of hydrogen-bond donors (Lipinski definition) is 2. The van der Waals surface area contributed by atoms with Crippen LogP contribution in [0, 0.1) is 11.8 Å². The monoisotopic (exact) mass is 638 g/mol. The normalized spacial score (nSPS) is 22.3. The molecule has 252 valence electrons. The molecule has 0 heterocycles. The van der Waals surface area contributed by atoms with E-state index in [-0.39, 0.29) is 25.3 Å². The van der Waals surface area contributed by atoms with Crippen LogP contribution in [-0.4, -0.2) is 86.8 Å². The van der Waals surface area contributed by atoms with Gasteiger partial charge in [-0.05, 0) is 83.5 Å². The van der Waals surface area contributed by atoms with Crippen LogP contribution >= 0.6 is 0 Å². The van der Waals surface area contributed by atoms with Crippen molar-refractivity contribution in [3.05, 3.63) is 25.3 Å². The lowest BCUT2D eigenvalue weighted by atomic mass is 9.76. The molecule has 2 saturated carbocycles. The molecule has 2 N–H and O–H groups in total. The van der Waals surface area contributed by atoms with E-state index in [0.29, 0.717) is 11.8 Å². The number of carbonyl (C=O) groups is 6. The van der Waals surface area contributed by atoms with Crippen LogP contribution in [0.15, 0.2) is 25.3 Å². The van der Waals surface area contributed by atoms with Gasteiger partial charge in [-0.3, -0.25) is 0 Å². The summed E-state index contributed by atoms with van der Waals surface area (Å²) in [6.45, 7) is 8.28. The first kappa shape index (κ1) is 37.1. The van der Waals surface area contributed by atoms with Gasteiger partial charge in [-0.2, -0.15) is 0 Å². The zero-order valence-corrected chi connectivity index (χ0v) is 26.1. The Morgan fingerprint density at radius 2 is 0.978 bits per heavy atom. The van der Waals surface area contributed by atoms with Crippen molar-refractivity contribution in [3.63, 3.8) is 0 Å². The molecule has 0 aromatic rings. The number of nitrogens with one attached hydrogen (secondary N) is 2. The van der Waals surface area contributed by atoms with Crippen molar-refractivity contribution in [1.29, 1.82) is 0 Å². The fourth-order valence-corrected chi connectivity index (χ4v) is 5.32. The largest absolute Gasteiger partial charge is 0.457 e. The molecular weight excluding hydrogens is 592 g/mol. The van der Waals surface area contributed by atoms with Gasteiger partial charge < -0.3 is 39.1 Å². The fourth-order valence-electron chi connectivity index (χ4n) is 5.32. The second-order valence-corrected chi connectivity index (χ2v) is 11.4. The van der Waals surface area contributed by atoms with Gasteiger partial charge >= 0.3 is 36.1 Å². The predicted molar refractivity (Wildman–Crippen MR) is 158 cm³/mol. The quantitative estimate of drug-likeness (QED) is 0.143. The summed E-state index contributed by atoms with van der Waals surface area (Å²) in [7, 11) is 0. The van der Waals surface area contributed by atoms with Crippen LogP contribution in [0.25, 0.3) is 0 Å². The van der Waals surface area contributed by atoms with Crippen LogP contribution in [-0.2, 0) is 47.6 Å². The molecule has 2 atom stereocenters. The summed E-state index contributed by atoms with van der Waals surface area (Å²) in [4.78, 5) is 69.7. The molecule has 2 aliphatic rings. The fraction of sp³-hybridized carbons (Fsp3) is 0.677. The number of carbonyl (C=O) groups excluding carboxylic acids is 6. The second-order valence-electron chi connectivity index (χ2n) is 11.4. The van der Waals surface area contributed by atoms with Gasteiger partial charge in [0.05, 0.1) is 0 Å². The van der Waals surface area contributed by atoms with E-state index in [9.17, 15) is 28.8 Å². The summed E-state index contributed by atoms with van der Waals surface area (Å²) in [5.74, 6) is -1.80. The summed E-state index contributed by atoms with van der Waals surface area (Å²) >= 11 is 0. The molecule has 14 heteroatoms. The van der Waals surface area contributed by atoms with Crippen LogP contribution in [0.5, 0.6) is 0 Å². The van der Waals surface area contributed by atoms with E-state index in [1.807, 2.05) is 0 Å². The Labute approximate surface area is 263 Å². The number of rotatable bonds is 16. The minimum Gasteiger partial charge on any atom is -0.457 e. The number of ether oxygens (including phenoxy) is 6. The maximum absolute atomic E-state index is 12.2. The molecule has 0 radical (unpaired) electrons. The Morgan fingerprint density at radius 1 is 0.622 bits per heavy atom. The van der Waals surface area contributed by atoms with Gasteiger partial charge in [-0.25, -0.2) is 28.8 Å². The van der Waals surface area contributed by atoms with Crippen LogP contribution < -0.4 is 10.6 Å². The maximum Gasteiger partial charge on any atom is 0.407 e. The van der Waals surface area contributed by atoms with Gasteiger partial charge in [-0.1, -0.05) is 13.2 Å². The number of alkyl carbamates (subject to hydrolysis) is 2. The van der Waals surface area contributed by atoms with Crippen LogP contribution in [0.4, 0.5) is 9.59 Å². The summed E-state index contributed by atoms with van der Waals surface area (Å²) < 4.78 is 29.6. The smallest absolute Gasteiger partial charge is 0.407 e. The van der Waals surface area contributed by atoms with E-state index in [1.54, 1.807) is 13.8 Å². The summed E-state index contributed by atoms with van der Waals surface area (Å²) in [6.07, 6.45) is 7.93. The SMILES string of the molecule is C=CC(=O)OCC(=O)OC(C)COC(=O)NC1CCC(CC2CCC(NC(=O)OCC(C)OC(=O)COC(=O)C=C)CC2)CC1. The highest BCUT2D eigenvalue weighted by Gasteiger charge is 2.29. The third-order valence-electron chi connectivity index (χ3n) is 7.57. The topological polar surface area (TPSA) is 182 Å². The molecule has 0 saturated heterocycles. The zero-order valence-electron chi connectivity index (χ0n) is 26.1. The average molecular weight is 639 g/mol. The average Bonchev–Trinajstić information content (AvgIpc) is 3.02. The highest BCUT2D eigenvalue weighted by atomic mass is 16.6.